The van der Waals surface area contributed by atoms with E-state index in [2.05, 4.69) is 5.32 Å². The Bertz CT molecular complexity index is 899. The van der Waals surface area contributed by atoms with Crippen LogP contribution in [0.2, 0.25) is 5.02 Å². The fourth-order valence-electron chi connectivity index (χ4n) is 3.16. The molecule has 6 heteroatoms. The monoisotopic (exact) mass is 355 g/mol. The zero-order valence-electron chi connectivity index (χ0n) is 13.6. The maximum Gasteiger partial charge on any atom is 0.244 e. The average Bonchev–Trinajstić information content (AvgIpc) is 3.25. The molecular weight excluding hydrogens is 338 g/mol. The molecule has 1 unspecified atom stereocenters. The quantitative estimate of drug-likeness (QED) is 0.763. The number of anilines is 1. The lowest BCUT2D eigenvalue weighted by atomic mass is 10.2. The van der Waals surface area contributed by atoms with Gasteiger partial charge in [0.25, 0.3) is 0 Å². The molecule has 1 atom stereocenters. The summed E-state index contributed by atoms with van der Waals surface area (Å²) in [5.74, 6) is 0.717. The fraction of sp³-hybridized carbons (Fsp3) is 0.263. The summed E-state index contributed by atoms with van der Waals surface area (Å²) in [6.07, 6.45) is 1.91. The summed E-state index contributed by atoms with van der Waals surface area (Å²) < 4.78 is 7.75. The predicted octanol–water partition coefficient (Wildman–Crippen LogP) is 4.18. The lowest BCUT2D eigenvalue weighted by molar-refractivity contribution is -0.116. The normalized spacial score (nSPS) is 17.1. The van der Waals surface area contributed by atoms with Gasteiger partial charge in [-0.1, -0.05) is 23.7 Å². The summed E-state index contributed by atoms with van der Waals surface area (Å²) >= 11 is 5.88. The number of hydrogen-bond acceptors (Lipinski definition) is 3. The van der Waals surface area contributed by atoms with Gasteiger partial charge < -0.3 is 14.6 Å². The van der Waals surface area contributed by atoms with Crippen LogP contribution >= 0.6 is 11.6 Å². The van der Waals surface area contributed by atoms with E-state index in [1.807, 2.05) is 28.8 Å². The predicted molar refractivity (Wildman–Crippen MR) is 97.7 cm³/mol. The van der Waals surface area contributed by atoms with Crippen LogP contribution in [-0.4, -0.2) is 22.1 Å². The molecule has 1 fully saturated rings. The molecule has 0 bridgehead atoms. The molecule has 5 nitrogen and oxygen atoms in total. The van der Waals surface area contributed by atoms with Crippen molar-refractivity contribution in [2.24, 2.45) is 0 Å². The number of hydrogen-bond donors (Lipinski definition) is 1. The SMILES string of the molecule is O=C(Cn1c(C2CCCO2)nc2ccccc21)Nc1ccc(Cl)cc1. The van der Waals surface area contributed by atoms with Crippen LogP contribution in [0.3, 0.4) is 0 Å². The number of nitrogens with zero attached hydrogens (tertiary/aromatic N) is 2. The Labute approximate surface area is 150 Å². The zero-order valence-corrected chi connectivity index (χ0v) is 14.4. The van der Waals surface area contributed by atoms with E-state index in [1.54, 1.807) is 24.3 Å². The van der Waals surface area contributed by atoms with E-state index in [0.29, 0.717) is 5.02 Å². The molecule has 1 saturated heterocycles. The smallest absolute Gasteiger partial charge is 0.244 e. The van der Waals surface area contributed by atoms with Crippen LogP contribution < -0.4 is 5.32 Å². The first-order valence-electron chi connectivity index (χ1n) is 8.33. The largest absolute Gasteiger partial charge is 0.370 e. The summed E-state index contributed by atoms with van der Waals surface area (Å²) in [4.78, 5) is 17.2. The Morgan fingerprint density at radius 1 is 1.24 bits per heavy atom. The molecule has 3 aromatic rings. The summed E-state index contributed by atoms with van der Waals surface area (Å²) in [5.41, 5.74) is 2.55. The highest BCUT2D eigenvalue weighted by atomic mass is 35.5. The van der Waals surface area contributed by atoms with Crippen molar-refractivity contribution >= 4 is 34.2 Å². The van der Waals surface area contributed by atoms with Gasteiger partial charge in [0.1, 0.15) is 18.5 Å². The summed E-state index contributed by atoms with van der Waals surface area (Å²) in [6.45, 7) is 0.934. The van der Waals surface area contributed by atoms with Gasteiger partial charge in [-0.15, -0.1) is 0 Å². The number of imidazole rings is 1. The van der Waals surface area contributed by atoms with E-state index in [4.69, 9.17) is 21.3 Å². The van der Waals surface area contributed by atoms with Crippen molar-refractivity contribution < 1.29 is 9.53 Å². The zero-order chi connectivity index (χ0) is 17.2. The van der Waals surface area contributed by atoms with E-state index in [0.717, 1.165) is 42.0 Å². The third-order valence-corrected chi connectivity index (χ3v) is 4.58. The van der Waals surface area contributed by atoms with Gasteiger partial charge in [-0.2, -0.15) is 0 Å². The molecule has 4 rings (SSSR count). The molecule has 0 radical (unpaired) electrons. The molecule has 1 N–H and O–H groups in total. The van der Waals surface area contributed by atoms with E-state index in [1.165, 1.54) is 0 Å². The molecule has 0 aliphatic carbocycles. The molecule has 2 heterocycles. The maximum atomic E-state index is 12.5. The number of carbonyl (C=O) groups is 1. The number of amides is 1. The molecule has 0 saturated carbocycles. The lowest BCUT2D eigenvalue weighted by Crippen LogP contribution is -2.21. The van der Waals surface area contributed by atoms with Crippen LogP contribution in [0.1, 0.15) is 24.8 Å². The number of halogens is 1. The summed E-state index contributed by atoms with van der Waals surface area (Å²) in [6, 6.07) is 14.9. The first-order chi connectivity index (χ1) is 12.2. The molecule has 25 heavy (non-hydrogen) atoms. The van der Waals surface area contributed by atoms with Crippen LogP contribution in [0.25, 0.3) is 11.0 Å². The van der Waals surface area contributed by atoms with Crippen molar-refractivity contribution in [2.75, 3.05) is 11.9 Å². The number of fused-ring (bicyclic) bond motifs is 1. The minimum atomic E-state index is -0.107. The molecule has 1 aliphatic heterocycles. The van der Waals surface area contributed by atoms with Crippen LogP contribution in [0.5, 0.6) is 0 Å². The Kier molecular flexibility index (Phi) is 4.42. The van der Waals surface area contributed by atoms with Gasteiger partial charge in [-0.05, 0) is 49.2 Å². The Balaban J connectivity index is 1.62. The third kappa shape index (κ3) is 3.38. The average molecular weight is 356 g/mol. The Morgan fingerprint density at radius 3 is 2.80 bits per heavy atom. The molecule has 1 amide bonds. The third-order valence-electron chi connectivity index (χ3n) is 4.33. The van der Waals surface area contributed by atoms with Crippen LogP contribution in [0.4, 0.5) is 5.69 Å². The number of nitrogens with one attached hydrogen (secondary N) is 1. The Morgan fingerprint density at radius 2 is 2.04 bits per heavy atom. The number of benzene rings is 2. The van der Waals surface area contributed by atoms with Gasteiger partial charge in [-0.25, -0.2) is 4.98 Å². The molecule has 2 aromatic carbocycles. The summed E-state index contributed by atoms with van der Waals surface area (Å²) in [7, 11) is 0. The van der Waals surface area contributed by atoms with Gasteiger partial charge in [0, 0.05) is 17.3 Å². The minimum Gasteiger partial charge on any atom is -0.370 e. The first-order valence-corrected chi connectivity index (χ1v) is 8.71. The minimum absolute atomic E-state index is 0.0456. The lowest BCUT2D eigenvalue weighted by Gasteiger charge is -2.13. The molecular formula is C19H18ClN3O2. The highest BCUT2D eigenvalue weighted by Crippen LogP contribution is 2.30. The highest BCUT2D eigenvalue weighted by Gasteiger charge is 2.25. The molecule has 0 spiro atoms. The molecule has 128 valence electrons. The highest BCUT2D eigenvalue weighted by molar-refractivity contribution is 6.30. The van der Waals surface area contributed by atoms with Crippen molar-refractivity contribution in [3.63, 3.8) is 0 Å². The standard InChI is InChI=1S/C19H18ClN3O2/c20-13-7-9-14(10-8-13)21-18(24)12-23-16-5-2-1-4-15(16)22-19(23)17-6-3-11-25-17/h1-2,4-5,7-10,17H,3,6,11-12H2,(H,21,24). The van der Waals surface area contributed by atoms with Crippen molar-refractivity contribution in [1.29, 1.82) is 0 Å². The van der Waals surface area contributed by atoms with Gasteiger partial charge >= 0.3 is 0 Å². The van der Waals surface area contributed by atoms with Gasteiger partial charge in [0.05, 0.1) is 11.0 Å². The Hall–Kier alpha value is -2.37. The fourth-order valence-corrected chi connectivity index (χ4v) is 3.29. The van der Waals surface area contributed by atoms with Gasteiger partial charge in [0.15, 0.2) is 0 Å². The van der Waals surface area contributed by atoms with Crippen LogP contribution in [0, 0.1) is 0 Å². The van der Waals surface area contributed by atoms with Crippen LogP contribution in [0.15, 0.2) is 48.5 Å². The second-order valence-electron chi connectivity index (χ2n) is 6.10. The van der Waals surface area contributed by atoms with E-state index < -0.39 is 0 Å². The van der Waals surface area contributed by atoms with Gasteiger partial charge in [-0.3, -0.25) is 4.79 Å². The topological polar surface area (TPSA) is 56.2 Å². The molecule has 1 aromatic heterocycles. The maximum absolute atomic E-state index is 12.5. The number of ether oxygens (including phenoxy) is 1. The van der Waals surface area contributed by atoms with Crippen molar-refractivity contribution in [3.8, 4) is 0 Å². The summed E-state index contributed by atoms with van der Waals surface area (Å²) in [5, 5.41) is 3.54. The van der Waals surface area contributed by atoms with E-state index >= 15 is 0 Å². The molecule has 1 aliphatic rings. The number of para-hydroxylation sites is 2. The number of carbonyl (C=O) groups excluding carboxylic acids is 1. The van der Waals surface area contributed by atoms with Crippen molar-refractivity contribution in [2.45, 2.75) is 25.5 Å². The number of aromatic nitrogens is 2. The van der Waals surface area contributed by atoms with E-state index in [9.17, 15) is 4.79 Å². The second-order valence-corrected chi connectivity index (χ2v) is 6.54. The van der Waals surface area contributed by atoms with E-state index in [-0.39, 0.29) is 18.6 Å². The van der Waals surface area contributed by atoms with Crippen molar-refractivity contribution in [3.05, 3.63) is 59.4 Å². The van der Waals surface area contributed by atoms with Crippen molar-refractivity contribution in [1.82, 2.24) is 9.55 Å². The van der Waals surface area contributed by atoms with Gasteiger partial charge in [0.2, 0.25) is 5.91 Å². The number of rotatable bonds is 4. The first kappa shape index (κ1) is 16.1. The second kappa shape index (κ2) is 6.86. The van der Waals surface area contributed by atoms with Crippen LogP contribution in [-0.2, 0) is 16.1 Å².